The first-order chi connectivity index (χ1) is 7.61. The summed E-state index contributed by atoms with van der Waals surface area (Å²) in [6.07, 6.45) is 2.29. The summed E-state index contributed by atoms with van der Waals surface area (Å²) in [6.45, 7) is 0.447. The van der Waals surface area contributed by atoms with Gasteiger partial charge >= 0.3 is 0 Å². The second-order valence-corrected chi connectivity index (χ2v) is 4.05. The average Bonchev–Trinajstić information content (AvgIpc) is 2.79. The molecule has 1 aromatic carbocycles. The van der Waals surface area contributed by atoms with Crippen LogP contribution >= 0.6 is 15.9 Å². The molecule has 16 heavy (non-hydrogen) atoms. The molecule has 0 saturated heterocycles. The summed E-state index contributed by atoms with van der Waals surface area (Å²) in [5.74, 6) is -2.32. The number of carbonyl (C=O) groups is 1. The van der Waals surface area contributed by atoms with E-state index in [1.807, 2.05) is 0 Å². The maximum Gasteiger partial charge on any atom is 0.228 e. The van der Waals surface area contributed by atoms with Gasteiger partial charge in [0.25, 0.3) is 0 Å². The molecule has 2 nitrogen and oxygen atoms in total. The first kappa shape index (κ1) is 11.3. The first-order valence-electron chi connectivity index (χ1n) is 4.62. The molecular weight excluding hydrogens is 282 g/mol. The van der Waals surface area contributed by atoms with Gasteiger partial charge in [0.15, 0.2) is 17.4 Å². The van der Waals surface area contributed by atoms with Gasteiger partial charge in [-0.1, -0.05) is 0 Å². The van der Waals surface area contributed by atoms with E-state index in [1.54, 1.807) is 6.08 Å². The molecule has 0 radical (unpaired) electrons. The number of carbonyl (C=O) groups excluding carboxylic acids is 1. The summed E-state index contributed by atoms with van der Waals surface area (Å²) < 4.78 is 30.9. The van der Waals surface area contributed by atoms with Crippen molar-refractivity contribution in [2.75, 3.05) is 6.61 Å². The molecule has 0 fully saturated rings. The zero-order valence-electron chi connectivity index (χ0n) is 8.10. The summed E-state index contributed by atoms with van der Waals surface area (Å²) in [5.41, 5.74) is 0.0621. The normalized spacial score (nSPS) is 14.6. The highest BCUT2D eigenvalue weighted by molar-refractivity contribution is 9.10. The van der Waals surface area contributed by atoms with Crippen molar-refractivity contribution in [3.05, 3.63) is 45.6 Å². The van der Waals surface area contributed by atoms with Crippen molar-refractivity contribution in [2.24, 2.45) is 0 Å². The van der Waals surface area contributed by atoms with Crippen LogP contribution in [0.5, 0.6) is 0 Å². The Balaban J connectivity index is 2.41. The zero-order chi connectivity index (χ0) is 11.7. The molecule has 0 N–H and O–H groups in total. The minimum Gasteiger partial charge on any atom is -0.489 e. The highest BCUT2D eigenvalue weighted by Gasteiger charge is 2.22. The van der Waals surface area contributed by atoms with Crippen LogP contribution in [-0.2, 0) is 4.74 Å². The molecule has 84 valence electrons. The Labute approximate surface area is 99.0 Å². The van der Waals surface area contributed by atoms with Gasteiger partial charge in [0, 0.05) is 12.0 Å². The molecule has 0 aliphatic carbocycles. The van der Waals surface area contributed by atoms with Gasteiger partial charge in [0.2, 0.25) is 5.78 Å². The van der Waals surface area contributed by atoms with E-state index in [0.29, 0.717) is 13.0 Å². The van der Waals surface area contributed by atoms with Crippen LogP contribution < -0.4 is 0 Å². The standard InChI is InChI=1S/C11H7BrF2O2/c12-9-6(3-4-7(13)10(9)14)11(15)8-2-1-5-16-8/h2-4H,1,5H2. The highest BCUT2D eigenvalue weighted by atomic mass is 79.9. The SMILES string of the molecule is O=C(C1=CCCO1)c1ccc(F)c(F)c1Br. The lowest BCUT2D eigenvalue weighted by atomic mass is 10.1. The smallest absolute Gasteiger partial charge is 0.228 e. The van der Waals surface area contributed by atoms with E-state index in [4.69, 9.17) is 4.74 Å². The van der Waals surface area contributed by atoms with Crippen molar-refractivity contribution >= 4 is 21.7 Å². The summed E-state index contributed by atoms with van der Waals surface area (Å²) in [6, 6.07) is 2.15. The van der Waals surface area contributed by atoms with E-state index in [1.165, 1.54) is 6.07 Å². The van der Waals surface area contributed by atoms with Crippen molar-refractivity contribution in [3.8, 4) is 0 Å². The number of allylic oxidation sites excluding steroid dienone is 1. The van der Waals surface area contributed by atoms with Crippen LogP contribution in [-0.4, -0.2) is 12.4 Å². The van der Waals surface area contributed by atoms with Gasteiger partial charge in [-0.05, 0) is 34.1 Å². The van der Waals surface area contributed by atoms with Crippen LogP contribution in [0.1, 0.15) is 16.8 Å². The van der Waals surface area contributed by atoms with Crippen LogP contribution in [0.25, 0.3) is 0 Å². The molecule has 1 aromatic rings. The predicted molar refractivity (Wildman–Crippen MR) is 57.0 cm³/mol. The molecule has 2 rings (SSSR count). The lowest BCUT2D eigenvalue weighted by Gasteiger charge is -2.06. The topological polar surface area (TPSA) is 26.3 Å². The average molecular weight is 289 g/mol. The third-order valence-corrected chi connectivity index (χ3v) is 2.98. The first-order valence-corrected chi connectivity index (χ1v) is 5.41. The Morgan fingerprint density at radius 3 is 2.75 bits per heavy atom. The molecule has 0 aromatic heterocycles. The molecule has 1 aliphatic heterocycles. The molecule has 1 aliphatic rings. The molecule has 0 spiro atoms. The van der Waals surface area contributed by atoms with E-state index >= 15 is 0 Å². The highest BCUT2D eigenvalue weighted by Crippen LogP contribution is 2.26. The largest absolute Gasteiger partial charge is 0.489 e. The van der Waals surface area contributed by atoms with Gasteiger partial charge in [-0.2, -0.15) is 0 Å². The van der Waals surface area contributed by atoms with Crippen LogP contribution in [0, 0.1) is 11.6 Å². The van der Waals surface area contributed by atoms with Gasteiger partial charge in [-0.15, -0.1) is 0 Å². The number of hydrogen-bond acceptors (Lipinski definition) is 2. The van der Waals surface area contributed by atoms with Crippen molar-refractivity contribution in [2.45, 2.75) is 6.42 Å². The van der Waals surface area contributed by atoms with Gasteiger partial charge in [0.1, 0.15) is 0 Å². The summed E-state index contributed by atoms with van der Waals surface area (Å²) in [5, 5.41) is 0. The maximum atomic E-state index is 13.2. The summed E-state index contributed by atoms with van der Waals surface area (Å²) in [7, 11) is 0. The predicted octanol–water partition coefficient (Wildman–Crippen LogP) is 3.21. The summed E-state index contributed by atoms with van der Waals surface area (Å²) >= 11 is 2.86. The Bertz CT molecular complexity index is 483. The second-order valence-electron chi connectivity index (χ2n) is 3.26. The fraction of sp³-hybridized carbons (Fsp3) is 0.182. The fourth-order valence-electron chi connectivity index (χ4n) is 1.41. The van der Waals surface area contributed by atoms with Crippen LogP contribution in [0.4, 0.5) is 8.78 Å². The number of benzene rings is 1. The molecule has 1 heterocycles. The van der Waals surface area contributed by atoms with Gasteiger partial charge in [-0.3, -0.25) is 4.79 Å². The van der Waals surface area contributed by atoms with Crippen molar-refractivity contribution in [1.82, 2.24) is 0 Å². The van der Waals surface area contributed by atoms with E-state index in [0.717, 1.165) is 6.07 Å². The van der Waals surface area contributed by atoms with Crippen LogP contribution in [0.2, 0.25) is 0 Å². The Hall–Kier alpha value is -1.23. The van der Waals surface area contributed by atoms with Gasteiger partial charge in [-0.25, -0.2) is 8.78 Å². The number of hydrogen-bond donors (Lipinski definition) is 0. The van der Waals surface area contributed by atoms with Crippen molar-refractivity contribution in [3.63, 3.8) is 0 Å². The molecule has 0 unspecified atom stereocenters. The minimum absolute atomic E-state index is 0.0621. The molecule has 0 saturated carbocycles. The number of halogens is 3. The molecule has 0 amide bonds. The second kappa shape index (κ2) is 4.33. The lowest BCUT2D eigenvalue weighted by molar-refractivity contribution is 0.0941. The van der Waals surface area contributed by atoms with Crippen molar-refractivity contribution in [1.29, 1.82) is 0 Å². The van der Waals surface area contributed by atoms with E-state index in [2.05, 4.69) is 15.9 Å². The van der Waals surface area contributed by atoms with E-state index in [9.17, 15) is 13.6 Å². The minimum atomic E-state index is -1.07. The molecular formula is C11H7BrF2O2. The number of rotatable bonds is 2. The van der Waals surface area contributed by atoms with Crippen LogP contribution in [0.15, 0.2) is 28.4 Å². The van der Waals surface area contributed by atoms with Crippen LogP contribution in [0.3, 0.4) is 0 Å². The third kappa shape index (κ3) is 1.87. The maximum absolute atomic E-state index is 13.2. The number of ether oxygens (including phenoxy) is 1. The molecule has 5 heteroatoms. The van der Waals surface area contributed by atoms with Gasteiger partial charge < -0.3 is 4.74 Å². The monoisotopic (exact) mass is 288 g/mol. The third-order valence-electron chi connectivity index (χ3n) is 2.21. The lowest BCUT2D eigenvalue weighted by Crippen LogP contribution is -2.06. The molecule has 0 bridgehead atoms. The Kier molecular flexibility index (Phi) is 3.05. The Morgan fingerprint density at radius 1 is 1.38 bits per heavy atom. The van der Waals surface area contributed by atoms with Crippen molar-refractivity contribution < 1.29 is 18.3 Å². The molecule has 0 atom stereocenters. The van der Waals surface area contributed by atoms with E-state index in [-0.39, 0.29) is 15.8 Å². The zero-order valence-corrected chi connectivity index (χ0v) is 9.68. The quantitative estimate of drug-likeness (QED) is 0.617. The number of ketones is 1. The fourth-order valence-corrected chi connectivity index (χ4v) is 1.91. The van der Waals surface area contributed by atoms with E-state index < -0.39 is 17.4 Å². The van der Waals surface area contributed by atoms with Gasteiger partial charge in [0.05, 0.1) is 11.1 Å². The summed E-state index contributed by atoms with van der Waals surface area (Å²) in [4.78, 5) is 11.8. The number of Topliss-reactive ketones (excluding diaryl/α,β-unsaturated/α-hetero) is 1. The Morgan fingerprint density at radius 2 is 2.12 bits per heavy atom.